The largest absolute Gasteiger partial charge is 0.333 e. The Balaban J connectivity index is 1.65. The second kappa shape index (κ2) is 5.31. The maximum atomic E-state index is 12.1. The van der Waals surface area contributed by atoms with Crippen LogP contribution in [0.2, 0.25) is 0 Å². The zero-order valence-electron chi connectivity index (χ0n) is 11.9. The molecule has 0 saturated heterocycles. The Hall–Kier alpha value is -2.17. The highest BCUT2D eigenvalue weighted by molar-refractivity contribution is 6.20. The molecule has 1 heterocycles. The maximum absolute atomic E-state index is 12.1. The van der Waals surface area contributed by atoms with E-state index >= 15 is 0 Å². The highest BCUT2D eigenvalue weighted by Gasteiger charge is 2.39. The monoisotopic (exact) mass is 287 g/mol. The van der Waals surface area contributed by atoms with Crippen molar-refractivity contribution < 1.29 is 19.2 Å². The van der Waals surface area contributed by atoms with Crippen molar-refractivity contribution >= 4 is 17.8 Å². The third-order valence-corrected chi connectivity index (χ3v) is 4.21. The number of rotatable bonds is 3. The molecule has 3 rings (SSSR count). The van der Waals surface area contributed by atoms with E-state index in [0.717, 1.165) is 19.3 Å². The van der Waals surface area contributed by atoms with Crippen molar-refractivity contribution in [2.24, 2.45) is 11.8 Å². The van der Waals surface area contributed by atoms with Gasteiger partial charge in [0, 0.05) is 0 Å². The third-order valence-electron chi connectivity index (χ3n) is 4.21. The Morgan fingerprint density at radius 1 is 1.19 bits per heavy atom. The molecular formula is C16H17NO4. The van der Waals surface area contributed by atoms with Crippen LogP contribution in [0.3, 0.4) is 0 Å². The van der Waals surface area contributed by atoms with E-state index in [1.54, 1.807) is 24.3 Å². The fraction of sp³-hybridized carbons (Fsp3) is 0.438. The Bertz CT molecular complexity index is 575. The lowest BCUT2D eigenvalue weighted by molar-refractivity contribution is -0.169. The molecule has 2 unspecified atom stereocenters. The van der Waals surface area contributed by atoms with Gasteiger partial charge in [-0.15, -0.1) is 0 Å². The quantitative estimate of drug-likeness (QED) is 0.801. The molecular weight excluding hydrogens is 270 g/mol. The standard InChI is InChI=1S/C16H17NO4/c1-10-6-7-11(8-10)9-14(18)21-17-15(19)12-4-2-3-5-13(12)16(17)20/h2-5,10-11H,6-9H2,1H3. The van der Waals surface area contributed by atoms with Crippen LogP contribution in [0.4, 0.5) is 0 Å². The number of carbonyl (C=O) groups excluding carboxylic acids is 3. The van der Waals surface area contributed by atoms with Gasteiger partial charge in [0.25, 0.3) is 11.8 Å². The average molecular weight is 287 g/mol. The van der Waals surface area contributed by atoms with E-state index in [-0.39, 0.29) is 17.5 Å². The van der Waals surface area contributed by atoms with E-state index in [4.69, 9.17) is 4.84 Å². The van der Waals surface area contributed by atoms with Crippen molar-refractivity contribution in [3.8, 4) is 0 Å². The van der Waals surface area contributed by atoms with E-state index in [2.05, 4.69) is 6.92 Å². The van der Waals surface area contributed by atoms with E-state index in [0.29, 0.717) is 16.9 Å². The predicted octanol–water partition coefficient (Wildman–Crippen LogP) is 2.57. The number of imide groups is 1. The summed E-state index contributed by atoms with van der Waals surface area (Å²) in [4.78, 5) is 41.1. The van der Waals surface area contributed by atoms with Crippen LogP contribution < -0.4 is 0 Å². The second-order valence-corrected chi connectivity index (χ2v) is 5.90. The Morgan fingerprint density at radius 2 is 1.81 bits per heavy atom. The molecule has 0 radical (unpaired) electrons. The number of carbonyl (C=O) groups is 3. The molecule has 1 aromatic carbocycles. The molecule has 110 valence electrons. The molecule has 2 amide bonds. The van der Waals surface area contributed by atoms with Crippen molar-refractivity contribution in [3.05, 3.63) is 35.4 Å². The van der Waals surface area contributed by atoms with Gasteiger partial charge in [-0.1, -0.05) is 30.5 Å². The van der Waals surface area contributed by atoms with Crippen LogP contribution in [0.5, 0.6) is 0 Å². The fourth-order valence-electron chi connectivity index (χ4n) is 3.14. The molecule has 0 spiro atoms. The molecule has 0 aromatic heterocycles. The number of hydrogen-bond acceptors (Lipinski definition) is 4. The van der Waals surface area contributed by atoms with Crippen molar-refractivity contribution in [2.45, 2.75) is 32.6 Å². The number of fused-ring (bicyclic) bond motifs is 1. The van der Waals surface area contributed by atoms with Crippen molar-refractivity contribution in [2.75, 3.05) is 0 Å². The van der Waals surface area contributed by atoms with Gasteiger partial charge in [0.1, 0.15) is 0 Å². The SMILES string of the molecule is CC1CCC(CC(=O)ON2C(=O)c3ccccc3C2=O)C1. The molecule has 5 heteroatoms. The van der Waals surface area contributed by atoms with Gasteiger partial charge in [-0.3, -0.25) is 9.59 Å². The van der Waals surface area contributed by atoms with E-state index in [1.165, 1.54) is 0 Å². The van der Waals surface area contributed by atoms with Crippen LogP contribution in [-0.2, 0) is 9.63 Å². The van der Waals surface area contributed by atoms with E-state index < -0.39 is 17.8 Å². The van der Waals surface area contributed by atoms with Crippen LogP contribution >= 0.6 is 0 Å². The summed E-state index contributed by atoms with van der Waals surface area (Å²) in [6, 6.07) is 6.47. The molecule has 2 atom stereocenters. The van der Waals surface area contributed by atoms with Crippen LogP contribution in [0.25, 0.3) is 0 Å². The molecule has 1 fully saturated rings. The lowest BCUT2D eigenvalue weighted by Gasteiger charge is -2.14. The van der Waals surface area contributed by atoms with Gasteiger partial charge in [-0.25, -0.2) is 4.79 Å². The first-order chi connectivity index (χ1) is 10.1. The van der Waals surface area contributed by atoms with Crippen LogP contribution in [0, 0.1) is 11.8 Å². The molecule has 1 aliphatic heterocycles. The highest BCUT2D eigenvalue weighted by Crippen LogP contribution is 2.33. The summed E-state index contributed by atoms with van der Waals surface area (Å²) >= 11 is 0. The van der Waals surface area contributed by atoms with Gasteiger partial charge in [0.2, 0.25) is 0 Å². The zero-order valence-corrected chi connectivity index (χ0v) is 11.9. The topological polar surface area (TPSA) is 63.7 Å². The predicted molar refractivity (Wildman–Crippen MR) is 74.2 cm³/mol. The maximum Gasteiger partial charge on any atom is 0.333 e. The van der Waals surface area contributed by atoms with Gasteiger partial charge in [0.15, 0.2) is 0 Å². The second-order valence-electron chi connectivity index (χ2n) is 5.90. The normalized spacial score (nSPS) is 24.3. The third kappa shape index (κ3) is 2.55. The molecule has 5 nitrogen and oxygen atoms in total. The summed E-state index contributed by atoms with van der Waals surface area (Å²) in [5, 5.41) is 0.589. The lowest BCUT2D eigenvalue weighted by Crippen LogP contribution is -2.33. The Labute approximate surface area is 122 Å². The molecule has 0 N–H and O–H groups in total. The minimum absolute atomic E-state index is 0.262. The molecule has 21 heavy (non-hydrogen) atoms. The number of benzene rings is 1. The summed E-state index contributed by atoms with van der Waals surface area (Å²) in [6.45, 7) is 2.16. The molecule has 1 saturated carbocycles. The fourth-order valence-corrected chi connectivity index (χ4v) is 3.14. The van der Waals surface area contributed by atoms with Crippen LogP contribution in [0.15, 0.2) is 24.3 Å². The first-order valence-corrected chi connectivity index (χ1v) is 7.25. The van der Waals surface area contributed by atoms with E-state index in [9.17, 15) is 14.4 Å². The van der Waals surface area contributed by atoms with Crippen molar-refractivity contribution in [1.29, 1.82) is 0 Å². The lowest BCUT2D eigenvalue weighted by atomic mass is 10.0. The Kier molecular flexibility index (Phi) is 3.49. The molecule has 0 bridgehead atoms. The minimum atomic E-state index is -0.566. The smallest absolute Gasteiger partial charge is 0.330 e. The average Bonchev–Trinajstić information content (AvgIpc) is 2.97. The number of hydroxylamine groups is 2. The van der Waals surface area contributed by atoms with Gasteiger partial charge >= 0.3 is 5.97 Å². The number of amides is 2. The van der Waals surface area contributed by atoms with Gasteiger partial charge in [-0.2, -0.15) is 0 Å². The summed E-state index contributed by atoms with van der Waals surface area (Å²) in [5.41, 5.74) is 0.564. The number of hydrogen-bond donors (Lipinski definition) is 0. The van der Waals surface area contributed by atoms with Gasteiger partial charge in [0.05, 0.1) is 17.5 Å². The van der Waals surface area contributed by atoms with Crippen molar-refractivity contribution in [3.63, 3.8) is 0 Å². The van der Waals surface area contributed by atoms with Gasteiger partial charge in [-0.05, 0) is 36.8 Å². The first kappa shape index (κ1) is 13.8. The van der Waals surface area contributed by atoms with Crippen molar-refractivity contribution in [1.82, 2.24) is 5.06 Å². The van der Waals surface area contributed by atoms with Crippen LogP contribution in [-0.4, -0.2) is 22.8 Å². The van der Waals surface area contributed by atoms with E-state index in [1.807, 2.05) is 0 Å². The van der Waals surface area contributed by atoms with Crippen LogP contribution in [0.1, 0.15) is 53.3 Å². The summed E-state index contributed by atoms with van der Waals surface area (Å²) in [7, 11) is 0. The Morgan fingerprint density at radius 3 is 2.33 bits per heavy atom. The zero-order chi connectivity index (χ0) is 15.0. The molecule has 1 aromatic rings. The molecule has 2 aliphatic rings. The summed E-state index contributed by atoms with van der Waals surface area (Å²) in [6.07, 6.45) is 3.37. The number of nitrogens with zero attached hydrogens (tertiary/aromatic N) is 1. The summed E-state index contributed by atoms with van der Waals surface area (Å²) < 4.78 is 0. The minimum Gasteiger partial charge on any atom is -0.330 e. The molecule has 1 aliphatic carbocycles. The highest BCUT2D eigenvalue weighted by atomic mass is 16.7. The summed E-state index contributed by atoms with van der Waals surface area (Å²) in [5.74, 6) is -0.721. The van der Waals surface area contributed by atoms with Gasteiger partial charge < -0.3 is 4.84 Å². The first-order valence-electron chi connectivity index (χ1n) is 7.25.